The number of carbonyl (C=O) groups excluding carboxylic acids is 3. The van der Waals surface area contributed by atoms with Gasteiger partial charge in [-0.2, -0.15) is 0 Å². The van der Waals surface area contributed by atoms with E-state index in [2.05, 4.69) is 30.1 Å². The Balaban J connectivity index is 2.40. The number of rotatable bonds is 3. The highest BCUT2D eigenvalue weighted by molar-refractivity contribution is 8.18. The van der Waals surface area contributed by atoms with E-state index in [-0.39, 0.29) is 5.54 Å². The van der Waals surface area contributed by atoms with Gasteiger partial charge in [0.2, 0.25) is 0 Å². The van der Waals surface area contributed by atoms with Gasteiger partial charge in [-0.25, -0.2) is 4.79 Å². The highest BCUT2D eigenvalue weighted by atomic mass is 32.2. The molecule has 1 aromatic heterocycles. The first-order valence-corrected chi connectivity index (χ1v) is 8.85. The van der Waals surface area contributed by atoms with Gasteiger partial charge in [0.05, 0.1) is 12.0 Å². The molecule has 7 heteroatoms. The number of hydrogen-bond donors (Lipinski definition) is 0. The van der Waals surface area contributed by atoms with E-state index in [0.29, 0.717) is 4.91 Å². The van der Waals surface area contributed by atoms with Crippen molar-refractivity contribution in [1.82, 2.24) is 9.47 Å². The maximum absolute atomic E-state index is 12.6. The van der Waals surface area contributed by atoms with Crippen LogP contribution in [-0.2, 0) is 19.9 Å². The van der Waals surface area contributed by atoms with Crippen LogP contribution in [0.2, 0.25) is 0 Å². The van der Waals surface area contributed by atoms with Crippen molar-refractivity contribution < 1.29 is 19.1 Å². The van der Waals surface area contributed by atoms with Crippen molar-refractivity contribution in [2.24, 2.45) is 0 Å². The predicted octanol–water partition coefficient (Wildman–Crippen LogP) is 3.46. The highest BCUT2D eigenvalue weighted by Gasteiger charge is 2.41. The Morgan fingerprint density at radius 3 is 2.36 bits per heavy atom. The number of carbonyl (C=O) groups is 3. The Bertz CT molecular complexity index is 771. The predicted molar refractivity (Wildman–Crippen MR) is 98.2 cm³/mol. The van der Waals surface area contributed by atoms with Gasteiger partial charge >= 0.3 is 5.97 Å². The summed E-state index contributed by atoms with van der Waals surface area (Å²) in [5, 5.41) is -0.459. The Kier molecular flexibility index (Phi) is 5.18. The van der Waals surface area contributed by atoms with Crippen LogP contribution in [0, 0.1) is 13.8 Å². The molecule has 1 atom stereocenters. The molecule has 1 aliphatic heterocycles. The van der Waals surface area contributed by atoms with Gasteiger partial charge in [0.15, 0.2) is 0 Å². The number of hydrogen-bond acceptors (Lipinski definition) is 5. The molecule has 2 rings (SSSR count). The normalized spacial score (nSPS) is 18.2. The second kappa shape index (κ2) is 6.71. The molecular formula is C18H24N2O4S. The lowest BCUT2D eigenvalue weighted by atomic mass is 10.1. The zero-order valence-corrected chi connectivity index (χ0v) is 16.5. The maximum atomic E-state index is 12.6. The van der Waals surface area contributed by atoms with Crippen LogP contribution in [-0.4, -0.2) is 39.7 Å². The SMILES string of the molecule is COC(=O)[C@@H](C)N1C(=O)S/C(=C/c2cc(C)n(C(C)(C)C)c2C)C1=O. The summed E-state index contributed by atoms with van der Waals surface area (Å²) in [5.41, 5.74) is 2.92. The van der Waals surface area contributed by atoms with E-state index in [0.717, 1.165) is 33.6 Å². The van der Waals surface area contributed by atoms with Crippen LogP contribution in [0.4, 0.5) is 4.79 Å². The first kappa shape index (κ1) is 19.3. The Labute approximate surface area is 152 Å². The molecule has 0 unspecified atom stereocenters. The number of thioether (sulfide) groups is 1. The lowest BCUT2D eigenvalue weighted by Gasteiger charge is -2.25. The molecule has 0 radical (unpaired) electrons. The van der Waals surface area contributed by atoms with Crippen LogP contribution < -0.4 is 0 Å². The van der Waals surface area contributed by atoms with Crippen molar-refractivity contribution in [3.05, 3.63) is 27.9 Å². The van der Waals surface area contributed by atoms with E-state index in [1.165, 1.54) is 14.0 Å². The van der Waals surface area contributed by atoms with Crippen molar-refractivity contribution in [2.75, 3.05) is 7.11 Å². The van der Waals surface area contributed by atoms with Crippen LogP contribution in [0.15, 0.2) is 11.0 Å². The third-order valence-corrected chi connectivity index (χ3v) is 5.06. The van der Waals surface area contributed by atoms with Crippen LogP contribution >= 0.6 is 11.8 Å². The van der Waals surface area contributed by atoms with Gasteiger partial charge in [0.1, 0.15) is 6.04 Å². The fourth-order valence-electron chi connectivity index (χ4n) is 3.20. The molecule has 1 fully saturated rings. The molecule has 0 bridgehead atoms. The molecule has 0 N–H and O–H groups in total. The van der Waals surface area contributed by atoms with E-state index >= 15 is 0 Å². The molecule has 0 saturated carbocycles. The van der Waals surface area contributed by atoms with E-state index in [1.807, 2.05) is 19.9 Å². The van der Waals surface area contributed by atoms with E-state index in [1.54, 1.807) is 6.08 Å². The van der Waals surface area contributed by atoms with Crippen molar-refractivity contribution in [3.63, 3.8) is 0 Å². The van der Waals surface area contributed by atoms with Crippen LogP contribution in [0.25, 0.3) is 6.08 Å². The van der Waals surface area contributed by atoms with Gasteiger partial charge in [0.25, 0.3) is 11.1 Å². The molecule has 136 valence electrons. The summed E-state index contributed by atoms with van der Waals surface area (Å²) in [6.45, 7) is 11.8. The number of esters is 1. The van der Waals surface area contributed by atoms with Crippen LogP contribution in [0.3, 0.4) is 0 Å². The summed E-state index contributed by atoms with van der Waals surface area (Å²) in [7, 11) is 1.23. The summed E-state index contributed by atoms with van der Waals surface area (Å²) in [5.74, 6) is -1.08. The average Bonchev–Trinajstić information content (AvgIpc) is 2.93. The van der Waals surface area contributed by atoms with Gasteiger partial charge in [-0.05, 0) is 71.0 Å². The quantitative estimate of drug-likeness (QED) is 0.607. The number of aromatic nitrogens is 1. The molecular weight excluding hydrogens is 340 g/mol. The summed E-state index contributed by atoms with van der Waals surface area (Å²) in [6, 6.07) is 1.06. The molecule has 6 nitrogen and oxygen atoms in total. The van der Waals surface area contributed by atoms with Gasteiger partial charge in [-0.15, -0.1) is 0 Å². The molecule has 1 aromatic rings. The lowest BCUT2D eigenvalue weighted by molar-refractivity contribution is -0.148. The standard InChI is InChI=1S/C18H24N2O4S/c1-10-8-13(11(2)20(10)18(4,5)6)9-14-15(21)19(17(23)25-14)12(3)16(22)24-7/h8-9,12H,1-7H3/b14-9+/t12-/m1/s1. The molecule has 1 saturated heterocycles. The number of aryl methyl sites for hydroxylation is 1. The Morgan fingerprint density at radius 1 is 1.28 bits per heavy atom. The minimum Gasteiger partial charge on any atom is -0.467 e. The molecule has 0 spiro atoms. The summed E-state index contributed by atoms with van der Waals surface area (Å²) in [4.78, 5) is 37.7. The number of imide groups is 1. The molecule has 2 amide bonds. The highest BCUT2D eigenvalue weighted by Crippen LogP contribution is 2.35. The van der Waals surface area contributed by atoms with Gasteiger partial charge in [-0.3, -0.25) is 14.5 Å². The summed E-state index contributed by atoms with van der Waals surface area (Å²) in [6.07, 6.45) is 1.72. The first-order chi connectivity index (χ1) is 11.5. The fourth-order valence-corrected chi connectivity index (χ4v) is 4.10. The number of amides is 2. The molecule has 2 heterocycles. The fraction of sp³-hybridized carbons (Fsp3) is 0.500. The molecule has 0 aromatic carbocycles. The molecule has 25 heavy (non-hydrogen) atoms. The Morgan fingerprint density at radius 2 is 1.88 bits per heavy atom. The number of methoxy groups -OCH3 is 1. The smallest absolute Gasteiger partial charge is 0.328 e. The van der Waals surface area contributed by atoms with Crippen molar-refractivity contribution in [2.45, 2.75) is 53.1 Å². The molecule has 1 aliphatic rings. The van der Waals surface area contributed by atoms with Crippen LogP contribution in [0.5, 0.6) is 0 Å². The monoisotopic (exact) mass is 364 g/mol. The van der Waals surface area contributed by atoms with Gasteiger partial charge in [0, 0.05) is 16.9 Å². The minimum atomic E-state index is -0.939. The van der Waals surface area contributed by atoms with E-state index < -0.39 is 23.2 Å². The third-order valence-electron chi connectivity index (χ3n) is 4.18. The largest absolute Gasteiger partial charge is 0.467 e. The second-order valence-corrected chi connectivity index (χ2v) is 8.08. The van der Waals surface area contributed by atoms with Gasteiger partial charge in [-0.1, -0.05) is 0 Å². The first-order valence-electron chi connectivity index (χ1n) is 8.03. The topological polar surface area (TPSA) is 68.6 Å². The van der Waals surface area contributed by atoms with E-state index in [9.17, 15) is 14.4 Å². The molecule has 0 aliphatic carbocycles. The zero-order chi connectivity index (χ0) is 19.1. The summed E-state index contributed by atoms with van der Waals surface area (Å²) < 4.78 is 6.83. The minimum absolute atomic E-state index is 0.0843. The van der Waals surface area contributed by atoms with Gasteiger partial charge < -0.3 is 9.30 Å². The summed E-state index contributed by atoms with van der Waals surface area (Å²) >= 11 is 0.846. The van der Waals surface area contributed by atoms with Crippen molar-refractivity contribution in [1.29, 1.82) is 0 Å². The lowest BCUT2D eigenvalue weighted by Crippen LogP contribution is -2.42. The van der Waals surface area contributed by atoms with Crippen LogP contribution in [0.1, 0.15) is 44.6 Å². The Hall–Kier alpha value is -2.02. The van der Waals surface area contributed by atoms with E-state index in [4.69, 9.17) is 0 Å². The maximum Gasteiger partial charge on any atom is 0.328 e. The second-order valence-electron chi connectivity index (χ2n) is 7.08. The third kappa shape index (κ3) is 3.51. The van der Waals surface area contributed by atoms with Crippen molar-refractivity contribution in [3.8, 4) is 0 Å². The van der Waals surface area contributed by atoms with Crippen molar-refractivity contribution >= 4 is 35.0 Å². The average molecular weight is 364 g/mol. The number of nitrogens with zero attached hydrogens (tertiary/aromatic N) is 2. The number of ether oxygens (including phenoxy) is 1. The zero-order valence-electron chi connectivity index (χ0n) is 15.7.